The van der Waals surface area contributed by atoms with Crippen LogP contribution < -0.4 is 14.2 Å². The van der Waals surface area contributed by atoms with Gasteiger partial charge in [0, 0.05) is 5.02 Å². The molecule has 0 saturated heterocycles. The van der Waals surface area contributed by atoms with Crippen LogP contribution in [0.1, 0.15) is 21.5 Å². The van der Waals surface area contributed by atoms with Gasteiger partial charge in [0.2, 0.25) is 0 Å². The van der Waals surface area contributed by atoms with Gasteiger partial charge in [0.25, 0.3) is 0 Å². The lowest BCUT2D eigenvalue weighted by Crippen LogP contribution is -2.10. The molecular formula is C22H16ClNO4. The van der Waals surface area contributed by atoms with Crippen LogP contribution >= 0.6 is 11.6 Å². The number of para-hydroxylation sites is 1. The molecule has 0 fully saturated rings. The van der Waals surface area contributed by atoms with Gasteiger partial charge >= 0.3 is 5.97 Å². The van der Waals surface area contributed by atoms with Gasteiger partial charge < -0.3 is 14.2 Å². The van der Waals surface area contributed by atoms with Gasteiger partial charge in [0.1, 0.15) is 18.4 Å². The van der Waals surface area contributed by atoms with E-state index in [4.69, 9.17) is 31.1 Å². The van der Waals surface area contributed by atoms with E-state index in [1.54, 1.807) is 48.5 Å². The quantitative estimate of drug-likeness (QED) is 0.434. The number of nitriles is 1. The van der Waals surface area contributed by atoms with E-state index in [9.17, 15) is 4.79 Å². The van der Waals surface area contributed by atoms with Crippen molar-refractivity contribution in [3.63, 3.8) is 0 Å². The van der Waals surface area contributed by atoms with Gasteiger partial charge in [-0.1, -0.05) is 35.9 Å². The summed E-state index contributed by atoms with van der Waals surface area (Å²) >= 11 is 5.88. The molecule has 0 radical (unpaired) electrons. The summed E-state index contributed by atoms with van der Waals surface area (Å²) in [4.78, 5) is 12.4. The van der Waals surface area contributed by atoms with E-state index in [1.165, 1.54) is 13.2 Å². The summed E-state index contributed by atoms with van der Waals surface area (Å²) in [5.74, 6) is 0.505. The van der Waals surface area contributed by atoms with Crippen molar-refractivity contribution < 1.29 is 19.0 Å². The maximum atomic E-state index is 12.4. The smallest absolute Gasteiger partial charge is 0.343 e. The van der Waals surface area contributed by atoms with Crippen LogP contribution in [0.25, 0.3) is 0 Å². The van der Waals surface area contributed by atoms with Crippen LogP contribution in [0.15, 0.2) is 66.7 Å². The first-order chi connectivity index (χ1) is 13.6. The Labute approximate surface area is 167 Å². The van der Waals surface area contributed by atoms with Gasteiger partial charge in [-0.25, -0.2) is 4.79 Å². The summed E-state index contributed by atoms with van der Waals surface area (Å²) in [6.45, 7) is 0.326. The second-order valence-electron chi connectivity index (χ2n) is 5.78. The summed E-state index contributed by atoms with van der Waals surface area (Å²) in [6.07, 6.45) is 0. The minimum absolute atomic E-state index is 0.206. The summed E-state index contributed by atoms with van der Waals surface area (Å²) in [5, 5.41) is 9.76. The van der Waals surface area contributed by atoms with Crippen LogP contribution in [0.2, 0.25) is 5.02 Å². The van der Waals surface area contributed by atoms with Crippen molar-refractivity contribution in [2.24, 2.45) is 0 Å². The second-order valence-corrected chi connectivity index (χ2v) is 6.21. The molecule has 0 N–H and O–H groups in total. The summed E-state index contributed by atoms with van der Waals surface area (Å²) in [6, 6.07) is 20.6. The fraction of sp³-hybridized carbons (Fsp3) is 0.0909. The average molecular weight is 394 g/mol. The van der Waals surface area contributed by atoms with Crippen LogP contribution in [0, 0.1) is 11.3 Å². The maximum absolute atomic E-state index is 12.4. The molecule has 0 unspecified atom stereocenters. The number of ether oxygens (including phenoxy) is 3. The molecule has 6 heteroatoms. The molecule has 0 aromatic heterocycles. The molecule has 140 valence electrons. The lowest BCUT2D eigenvalue weighted by molar-refractivity contribution is 0.0733. The standard InChI is InChI=1S/C22H16ClNO4/c1-26-21-12-16(22(25)28-19-5-3-2-4-17(19)13-24)8-11-20(21)27-14-15-6-9-18(23)10-7-15/h2-12H,14H2,1H3. The molecular weight excluding hydrogens is 378 g/mol. The lowest BCUT2D eigenvalue weighted by atomic mass is 10.2. The van der Waals surface area contributed by atoms with Crippen molar-refractivity contribution in [1.82, 2.24) is 0 Å². The lowest BCUT2D eigenvalue weighted by Gasteiger charge is -2.12. The first-order valence-corrected chi connectivity index (χ1v) is 8.75. The van der Waals surface area contributed by atoms with E-state index < -0.39 is 5.97 Å². The van der Waals surface area contributed by atoms with Gasteiger partial charge in [-0.3, -0.25) is 0 Å². The highest BCUT2D eigenvalue weighted by Gasteiger charge is 2.15. The number of carbonyl (C=O) groups excluding carboxylic acids is 1. The van der Waals surface area contributed by atoms with Crippen LogP contribution in [0.3, 0.4) is 0 Å². The number of benzene rings is 3. The molecule has 5 nitrogen and oxygen atoms in total. The van der Waals surface area contributed by atoms with Crippen molar-refractivity contribution >= 4 is 17.6 Å². The van der Waals surface area contributed by atoms with E-state index in [-0.39, 0.29) is 16.9 Å². The molecule has 3 rings (SSSR count). The SMILES string of the molecule is COc1cc(C(=O)Oc2ccccc2C#N)ccc1OCc1ccc(Cl)cc1. The Morgan fingerprint density at radius 1 is 1.00 bits per heavy atom. The minimum atomic E-state index is -0.592. The monoisotopic (exact) mass is 393 g/mol. The molecule has 0 amide bonds. The predicted octanol–water partition coefficient (Wildman–Crippen LogP) is 5.02. The van der Waals surface area contributed by atoms with Gasteiger partial charge in [-0.2, -0.15) is 5.26 Å². The van der Waals surface area contributed by atoms with Crippen molar-refractivity contribution in [3.8, 4) is 23.3 Å². The largest absolute Gasteiger partial charge is 0.493 e. The molecule has 0 heterocycles. The highest BCUT2D eigenvalue weighted by molar-refractivity contribution is 6.30. The fourth-order valence-corrected chi connectivity index (χ4v) is 2.59. The summed E-state index contributed by atoms with van der Waals surface area (Å²) in [5.41, 5.74) is 1.51. The molecule has 0 bridgehead atoms. The highest BCUT2D eigenvalue weighted by Crippen LogP contribution is 2.30. The number of hydrogen-bond acceptors (Lipinski definition) is 5. The summed E-state index contributed by atoms with van der Waals surface area (Å²) in [7, 11) is 1.49. The molecule has 0 aliphatic carbocycles. The minimum Gasteiger partial charge on any atom is -0.493 e. The van der Waals surface area contributed by atoms with Crippen LogP contribution in [0.5, 0.6) is 17.2 Å². The molecule has 28 heavy (non-hydrogen) atoms. The van der Waals surface area contributed by atoms with Gasteiger partial charge in [-0.05, 0) is 48.0 Å². The van der Waals surface area contributed by atoms with E-state index in [2.05, 4.69) is 0 Å². The molecule has 3 aromatic rings. The number of esters is 1. The number of methoxy groups -OCH3 is 1. The maximum Gasteiger partial charge on any atom is 0.343 e. The number of carbonyl (C=O) groups is 1. The number of hydrogen-bond donors (Lipinski definition) is 0. The number of nitrogens with zero attached hydrogens (tertiary/aromatic N) is 1. The molecule has 0 spiro atoms. The van der Waals surface area contributed by atoms with Crippen LogP contribution in [-0.4, -0.2) is 13.1 Å². The third-order valence-electron chi connectivity index (χ3n) is 3.92. The van der Waals surface area contributed by atoms with Gasteiger partial charge in [0.15, 0.2) is 11.5 Å². The van der Waals surface area contributed by atoms with Crippen LogP contribution in [0.4, 0.5) is 0 Å². The van der Waals surface area contributed by atoms with Crippen molar-refractivity contribution in [1.29, 1.82) is 5.26 Å². The zero-order valence-corrected chi connectivity index (χ0v) is 15.8. The number of halogens is 1. The number of rotatable bonds is 6. The van der Waals surface area contributed by atoms with Crippen LogP contribution in [-0.2, 0) is 6.61 Å². The van der Waals surface area contributed by atoms with Gasteiger partial charge in [0.05, 0.1) is 18.2 Å². The third-order valence-corrected chi connectivity index (χ3v) is 4.17. The van der Waals surface area contributed by atoms with Gasteiger partial charge in [-0.15, -0.1) is 0 Å². The average Bonchev–Trinajstić information content (AvgIpc) is 2.73. The normalized spacial score (nSPS) is 10.0. The van der Waals surface area contributed by atoms with Crippen molar-refractivity contribution in [3.05, 3.63) is 88.4 Å². The van der Waals surface area contributed by atoms with E-state index in [1.807, 2.05) is 18.2 Å². The fourth-order valence-electron chi connectivity index (χ4n) is 2.46. The van der Waals surface area contributed by atoms with E-state index >= 15 is 0 Å². The first kappa shape index (κ1) is 19.3. The Morgan fingerprint density at radius 3 is 2.46 bits per heavy atom. The Morgan fingerprint density at radius 2 is 1.75 bits per heavy atom. The zero-order valence-electron chi connectivity index (χ0n) is 15.0. The van der Waals surface area contributed by atoms with E-state index in [0.29, 0.717) is 23.1 Å². The predicted molar refractivity (Wildman–Crippen MR) is 105 cm³/mol. The van der Waals surface area contributed by atoms with E-state index in [0.717, 1.165) is 5.56 Å². The third kappa shape index (κ3) is 4.61. The molecule has 0 atom stereocenters. The first-order valence-electron chi connectivity index (χ1n) is 8.37. The molecule has 0 aliphatic heterocycles. The topological polar surface area (TPSA) is 68.5 Å². The molecule has 3 aromatic carbocycles. The molecule has 0 saturated carbocycles. The Balaban J connectivity index is 1.74. The van der Waals surface area contributed by atoms with Crippen molar-refractivity contribution in [2.75, 3.05) is 7.11 Å². The highest BCUT2D eigenvalue weighted by atomic mass is 35.5. The molecule has 0 aliphatic rings. The Kier molecular flexibility index (Phi) is 6.15. The second kappa shape index (κ2) is 8.94. The Hall–Kier alpha value is -3.49. The summed E-state index contributed by atoms with van der Waals surface area (Å²) < 4.78 is 16.4. The van der Waals surface area contributed by atoms with Crippen molar-refractivity contribution in [2.45, 2.75) is 6.61 Å². The zero-order chi connectivity index (χ0) is 19.9. The Bertz CT molecular complexity index is 1030.